The van der Waals surface area contributed by atoms with Crippen molar-refractivity contribution in [2.75, 3.05) is 10.6 Å². The molecule has 0 spiro atoms. The van der Waals surface area contributed by atoms with E-state index in [0.717, 1.165) is 12.1 Å². The topological polar surface area (TPSA) is 24.1 Å². The van der Waals surface area contributed by atoms with Gasteiger partial charge in [-0.2, -0.15) is 0 Å². The van der Waals surface area contributed by atoms with Crippen molar-refractivity contribution in [1.82, 2.24) is 0 Å². The Bertz CT molecular complexity index is 614. The van der Waals surface area contributed by atoms with Crippen molar-refractivity contribution in [3.63, 3.8) is 0 Å². The predicted molar refractivity (Wildman–Crippen MR) is 87.1 cm³/mol. The molecule has 0 radical (unpaired) electrons. The smallest absolute Gasteiger partial charge is 0.175 e. The van der Waals surface area contributed by atoms with Crippen molar-refractivity contribution >= 4 is 40.3 Å². The lowest BCUT2D eigenvalue weighted by molar-refractivity contribution is 0.628. The molecule has 0 heterocycles. The molecule has 2 aromatic rings. The van der Waals surface area contributed by atoms with Gasteiger partial charge in [0.25, 0.3) is 0 Å². The Kier molecular flexibility index (Phi) is 4.93. The molecular weight excluding hydrogens is 295 g/mol. The van der Waals surface area contributed by atoms with Crippen molar-refractivity contribution in [2.45, 2.75) is 13.3 Å². The van der Waals surface area contributed by atoms with Gasteiger partial charge in [0.05, 0.1) is 10.7 Å². The van der Waals surface area contributed by atoms with Crippen LogP contribution in [0.4, 0.5) is 15.8 Å². The molecule has 2 nitrogen and oxygen atoms in total. The average Bonchev–Trinajstić information content (AvgIpc) is 2.43. The van der Waals surface area contributed by atoms with Crippen LogP contribution in [0.5, 0.6) is 0 Å². The molecule has 104 valence electrons. The SMILES string of the molecule is CCc1ccc(NC(=S)Nc2ccc(F)cc2Cl)cc1. The van der Waals surface area contributed by atoms with Crippen LogP contribution < -0.4 is 10.6 Å². The van der Waals surface area contributed by atoms with Gasteiger partial charge in [-0.1, -0.05) is 30.7 Å². The third kappa shape index (κ3) is 3.92. The van der Waals surface area contributed by atoms with E-state index in [-0.39, 0.29) is 10.8 Å². The van der Waals surface area contributed by atoms with E-state index in [0.29, 0.717) is 10.8 Å². The molecule has 20 heavy (non-hydrogen) atoms. The summed E-state index contributed by atoms with van der Waals surface area (Å²) in [6.45, 7) is 2.10. The molecule has 5 heteroatoms. The largest absolute Gasteiger partial charge is 0.332 e. The van der Waals surface area contributed by atoms with Crippen molar-refractivity contribution in [3.8, 4) is 0 Å². The first kappa shape index (κ1) is 14.8. The maximum Gasteiger partial charge on any atom is 0.175 e. The van der Waals surface area contributed by atoms with E-state index in [9.17, 15) is 4.39 Å². The molecule has 0 atom stereocenters. The van der Waals surface area contributed by atoms with Gasteiger partial charge in [0.2, 0.25) is 0 Å². The highest BCUT2D eigenvalue weighted by Gasteiger charge is 2.04. The number of hydrogen-bond donors (Lipinski definition) is 2. The lowest BCUT2D eigenvalue weighted by atomic mass is 10.1. The van der Waals surface area contributed by atoms with E-state index in [2.05, 4.69) is 17.6 Å². The zero-order valence-electron chi connectivity index (χ0n) is 10.9. The van der Waals surface area contributed by atoms with E-state index in [1.807, 2.05) is 24.3 Å². The molecule has 0 aromatic heterocycles. The van der Waals surface area contributed by atoms with E-state index < -0.39 is 0 Å². The fourth-order valence-electron chi connectivity index (χ4n) is 1.70. The van der Waals surface area contributed by atoms with Crippen molar-refractivity contribution in [2.24, 2.45) is 0 Å². The van der Waals surface area contributed by atoms with Crippen LogP contribution >= 0.6 is 23.8 Å². The fourth-order valence-corrected chi connectivity index (χ4v) is 2.14. The van der Waals surface area contributed by atoms with Gasteiger partial charge in [-0.15, -0.1) is 0 Å². The van der Waals surface area contributed by atoms with E-state index in [4.69, 9.17) is 23.8 Å². The minimum atomic E-state index is -0.380. The second kappa shape index (κ2) is 6.68. The number of nitrogens with one attached hydrogen (secondary N) is 2. The molecule has 0 aliphatic carbocycles. The van der Waals surface area contributed by atoms with Crippen molar-refractivity contribution in [3.05, 3.63) is 58.9 Å². The maximum absolute atomic E-state index is 12.9. The molecular formula is C15H14ClFN2S. The summed E-state index contributed by atoms with van der Waals surface area (Å²) in [6, 6.07) is 12.1. The Morgan fingerprint density at radius 2 is 1.85 bits per heavy atom. The summed E-state index contributed by atoms with van der Waals surface area (Å²) in [5.74, 6) is -0.380. The molecule has 0 fully saturated rings. The van der Waals surface area contributed by atoms with Crippen molar-refractivity contribution in [1.29, 1.82) is 0 Å². The van der Waals surface area contributed by atoms with E-state index >= 15 is 0 Å². The van der Waals surface area contributed by atoms with Crippen molar-refractivity contribution < 1.29 is 4.39 Å². The highest BCUT2D eigenvalue weighted by molar-refractivity contribution is 7.80. The monoisotopic (exact) mass is 308 g/mol. The zero-order chi connectivity index (χ0) is 14.5. The number of rotatable bonds is 3. The van der Waals surface area contributed by atoms with Crippen LogP contribution in [0.15, 0.2) is 42.5 Å². The summed E-state index contributed by atoms with van der Waals surface area (Å²) in [4.78, 5) is 0. The Balaban J connectivity index is 2.01. The molecule has 0 saturated heterocycles. The number of aryl methyl sites for hydroxylation is 1. The van der Waals surface area contributed by atoms with Gasteiger partial charge in [0.1, 0.15) is 5.82 Å². The van der Waals surface area contributed by atoms with Gasteiger partial charge < -0.3 is 10.6 Å². The zero-order valence-corrected chi connectivity index (χ0v) is 12.5. The number of thiocarbonyl (C=S) groups is 1. The lowest BCUT2D eigenvalue weighted by Gasteiger charge is -2.12. The maximum atomic E-state index is 12.9. The van der Waals surface area contributed by atoms with Gasteiger partial charge >= 0.3 is 0 Å². The van der Waals surface area contributed by atoms with Gasteiger partial charge in [0, 0.05) is 5.69 Å². The van der Waals surface area contributed by atoms with Crippen LogP contribution in [0, 0.1) is 5.82 Å². The third-order valence-electron chi connectivity index (χ3n) is 2.80. The average molecular weight is 309 g/mol. The number of halogens is 2. The predicted octanol–water partition coefficient (Wildman–Crippen LogP) is 4.85. The minimum absolute atomic E-state index is 0.287. The number of benzene rings is 2. The Labute approximate surface area is 128 Å². The molecule has 0 aliphatic heterocycles. The molecule has 2 aromatic carbocycles. The van der Waals surface area contributed by atoms with Crippen LogP contribution in [0.25, 0.3) is 0 Å². The summed E-state index contributed by atoms with van der Waals surface area (Å²) in [5.41, 5.74) is 2.71. The van der Waals surface area contributed by atoms with E-state index in [1.54, 1.807) is 6.07 Å². The molecule has 0 bridgehead atoms. The van der Waals surface area contributed by atoms with Crippen LogP contribution in [-0.2, 0) is 6.42 Å². The van der Waals surface area contributed by atoms with Gasteiger partial charge in [-0.05, 0) is 54.5 Å². The van der Waals surface area contributed by atoms with Gasteiger partial charge in [-0.3, -0.25) is 0 Å². The molecule has 2 N–H and O–H groups in total. The van der Waals surface area contributed by atoms with Crippen LogP contribution in [-0.4, -0.2) is 5.11 Å². The number of hydrogen-bond acceptors (Lipinski definition) is 1. The summed E-state index contributed by atoms with van der Waals surface area (Å²) in [6.07, 6.45) is 0.994. The first-order valence-corrected chi connectivity index (χ1v) is 6.99. The highest BCUT2D eigenvalue weighted by atomic mass is 35.5. The fraction of sp³-hybridized carbons (Fsp3) is 0.133. The number of anilines is 2. The standard InChI is InChI=1S/C15H14ClFN2S/c1-2-10-3-6-12(7-4-10)18-15(20)19-14-8-5-11(17)9-13(14)16/h3-9H,2H2,1H3,(H2,18,19,20). The summed E-state index contributed by atoms with van der Waals surface area (Å²) >= 11 is 11.1. The van der Waals surface area contributed by atoms with Gasteiger partial charge in [-0.25, -0.2) is 4.39 Å². The van der Waals surface area contributed by atoms with Crippen LogP contribution in [0.3, 0.4) is 0 Å². The normalized spacial score (nSPS) is 10.2. The molecule has 2 rings (SSSR count). The van der Waals surface area contributed by atoms with E-state index in [1.165, 1.54) is 17.7 Å². The second-order valence-corrected chi connectivity index (χ2v) is 5.07. The molecule has 0 aliphatic rings. The van der Waals surface area contributed by atoms with Crippen LogP contribution in [0.1, 0.15) is 12.5 Å². The highest BCUT2D eigenvalue weighted by Crippen LogP contribution is 2.22. The first-order valence-electron chi connectivity index (χ1n) is 6.20. The summed E-state index contributed by atoms with van der Waals surface area (Å²) < 4.78 is 12.9. The lowest BCUT2D eigenvalue weighted by Crippen LogP contribution is -2.19. The Morgan fingerprint density at radius 3 is 2.45 bits per heavy atom. The molecule has 0 saturated carbocycles. The quantitative estimate of drug-likeness (QED) is 0.793. The molecule has 0 amide bonds. The van der Waals surface area contributed by atoms with Gasteiger partial charge in [0.15, 0.2) is 5.11 Å². The van der Waals surface area contributed by atoms with Crippen LogP contribution in [0.2, 0.25) is 5.02 Å². The Hall–Kier alpha value is -1.65. The Morgan fingerprint density at radius 1 is 1.15 bits per heavy atom. The first-order chi connectivity index (χ1) is 9.58. The molecule has 0 unspecified atom stereocenters. The third-order valence-corrected chi connectivity index (χ3v) is 3.32. The second-order valence-electron chi connectivity index (χ2n) is 4.25. The summed E-state index contributed by atoms with van der Waals surface area (Å²) in [5, 5.41) is 6.68. The summed E-state index contributed by atoms with van der Waals surface area (Å²) in [7, 11) is 0. The minimum Gasteiger partial charge on any atom is -0.332 e.